The van der Waals surface area contributed by atoms with Crippen LogP contribution in [0.4, 0.5) is 0 Å². The smallest absolute Gasteiger partial charge is 0.373 e. The molecule has 3 aliphatic heterocycles. The number of nitrogens with zero attached hydrogens (tertiary/aromatic N) is 3. The molecule has 176 valence electrons. The van der Waals surface area contributed by atoms with Crippen molar-refractivity contribution in [2.45, 2.75) is 81.0 Å². The maximum Gasteiger partial charge on any atom is 0.373 e. The van der Waals surface area contributed by atoms with Crippen LogP contribution >= 0.6 is 16.5 Å². The van der Waals surface area contributed by atoms with Crippen molar-refractivity contribution < 1.29 is 48.6 Å². The standard InChI is InChI=1S/C15H27N3O8P2.CO2/c1-5-9(19)11(21)12(6(2)23-5)25-14-8(17-18-16)10(20)13-7(24-14)4-22-15(26-13)28-27-3;2-1-3/h5-15,19-21,27-28H,4H2,1-3H3;/t5-,6?,7?,8?,9?,10+,11-,12+,13+,14-,15?;/m0./s1. The lowest BCUT2D eigenvalue weighted by Gasteiger charge is -2.48. The van der Waals surface area contributed by atoms with E-state index in [-0.39, 0.29) is 12.8 Å². The highest BCUT2D eigenvalue weighted by molar-refractivity contribution is 8.11. The lowest BCUT2D eigenvalue weighted by molar-refractivity contribution is -0.345. The molecule has 0 spiro atoms. The van der Waals surface area contributed by atoms with Gasteiger partial charge in [-0.1, -0.05) is 13.4 Å². The van der Waals surface area contributed by atoms with Gasteiger partial charge in [-0.15, -0.1) is 0 Å². The Balaban J connectivity index is 0.00000107. The molecule has 7 unspecified atom stereocenters. The Morgan fingerprint density at radius 3 is 2.39 bits per heavy atom. The fourth-order valence-electron chi connectivity index (χ4n) is 3.65. The summed E-state index contributed by atoms with van der Waals surface area (Å²) in [4.78, 5) is 19.0. The number of carbonyl (C=O) groups excluding carboxylic acids is 2. The summed E-state index contributed by atoms with van der Waals surface area (Å²) in [6.07, 6.45) is -7.81. The van der Waals surface area contributed by atoms with E-state index in [4.69, 9.17) is 38.8 Å². The molecule has 0 amide bonds. The molecule has 3 fully saturated rings. The van der Waals surface area contributed by atoms with Crippen LogP contribution < -0.4 is 0 Å². The number of aliphatic hydroxyl groups is 3. The number of azide groups is 1. The van der Waals surface area contributed by atoms with Crippen LogP contribution in [0.3, 0.4) is 0 Å². The number of hydrogen-bond acceptors (Lipinski definition) is 11. The van der Waals surface area contributed by atoms with Crippen molar-refractivity contribution in [2.24, 2.45) is 5.11 Å². The number of rotatable bonds is 5. The van der Waals surface area contributed by atoms with Gasteiger partial charge >= 0.3 is 6.15 Å². The first kappa shape index (κ1) is 26.5. The third kappa shape index (κ3) is 6.39. The molecule has 0 aromatic carbocycles. The summed E-state index contributed by atoms with van der Waals surface area (Å²) in [6.45, 7) is 5.58. The second kappa shape index (κ2) is 12.5. The monoisotopic (exact) mass is 483 g/mol. The molecular weight excluding hydrogens is 456 g/mol. The van der Waals surface area contributed by atoms with E-state index in [1.54, 1.807) is 13.8 Å². The van der Waals surface area contributed by atoms with Gasteiger partial charge in [0, 0.05) is 4.91 Å². The lowest BCUT2D eigenvalue weighted by atomic mass is 9.94. The first-order valence-corrected chi connectivity index (χ1v) is 13.1. The van der Waals surface area contributed by atoms with Crippen LogP contribution in [0, 0.1) is 0 Å². The quantitative estimate of drug-likeness (QED) is 0.202. The Kier molecular flexibility index (Phi) is 10.6. The van der Waals surface area contributed by atoms with E-state index < -0.39 is 67.2 Å². The minimum absolute atomic E-state index is 0.200. The Morgan fingerprint density at radius 1 is 1.10 bits per heavy atom. The zero-order valence-corrected chi connectivity index (χ0v) is 19.1. The predicted molar refractivity (Wildman–Crippen MR) is 107 cm³/mol. The molecule has 0 saturated carbocycles. The van der Waals surface area contributed by atoms with Crippen molar-refractivity contribution in [1.82, 2.24) is 0 Å². The van der Waals surface area contributed by atoms with E-state index in [0.29, 0.717) is 16.5 Å². The van der Waals surface area contributed by atoms with Gasteiger partial charge in [0.15, 0.2) is 12.3 Å². The molecule has 15 heteroatoms. The van der Waals surface area contributed by atoms with Gasteiger partial charge in [-0.25, -0.2) is 0 Å². The topological polar surface area (TPSA) is 190 Å². The van der Waals surface area contributed by atoms with Gasteiger partial charge in [0.2, 0.25) is 0 Å². The molecule has 3 heterocycles. The summed E-state index contributed by atoms with van der Waals surface area (Å²) < 4.78 is 28.7. The third-order valence-corrected chi connectivity index (χ3v) is 7.53. The van der Waals surface area contributed by atoms with E-state index in [2.05, 4.69) is 10.0 Å². The minimum atomic E-state index is -1.22. The van der Waals surface area contributed by atoms with Crippen LogP contribution in [0.15, 0.2) is 5.11 Å². The summed E-state index contributed by atoms with van der Waals surface area (Å²) in [5.74, 6) is 0. The van der Waals surface area contributed by atoms with Crippen molar-refractivity contribution in [3.63, 3.8) is 0 Å². The van der Waals surface area contributed by atoms with E-state index >= 15 is 0 Å². The normalized spacial score (nSPS) is 45.4. The molecule has 0 radical (unpaired) electrons. The zero-order chi connectivity index (χ0) is 23.1. The largest absolute Gasteiger partial charge is 0.390 e. The van der Waals surface area contributed by atoms with Crippen molar-refractivity contribution in [2.75, 3.05) is 13.3 Å². The van der Waals surface area contributed by atoms with E-state index in [0.717, 1.165) is 0 Å². The number of aliphatic hydroxyl groups excluding tert-OH is 3. The Morgan fingerprint density at radius 2 is 1.77 bits per heavy atom. The molecule has 0 aromatic heterocycles. The Bertz CT molecular complexity index is 666. The highest BCUT2D eigenvalue weighted by Crippen LogP contribution is 2.43. The molecule has 13 atom stereocenters. The minimum Gasteiger partial charge on any atom is -0.390 e. The number of hydrogen-bond donors (Lipinski definition) is 3. The zero-order valence-electron chi connectivity index (χ0n) is 17.1. The molecule has 3 N–H and O–H groups in total. The van der Waals surface area contributed by atoms with Gasteiger partial charge in [0.25, 0.3) is 0 Å². The van der Waals surface area contributed by atoms with E-state index in [1.807, 2.05) is 6.66 Å². The van der Waals surface area contributed by atoms with E-state index in [1.165, 1.54) is 0 Å². The number of fused-ring (bicyclic) bond motifs is 1. The fraction of sp³-hybridized carbons (Fsp3) is 0.938. The summed E-state index contributed by atoms with van der Waals surface area (Å²) >= 11 is 0. The Hall–Kier alpha value is -0.770. The van der Waals surface area contributed by atoms with Crippen molar-refractivity contribution in [3.05, 3.63) is 10.4 Å². The SMILES string of the molecule is CPPC1OCC2O[C@@H](O[C@@H]3C(C)O[C@@H](C)C(O)[C@@H]3O)C(N=[N+]=[N-])[C@@H](O)[C@@H]2O1.O=C=O. The van der Waals surface area contributed by atoms with E-state index in [9.17, 15) is 15.3 Å². The second-order valence-electron chi connectivity index (χ2n) is 7.10. The molecule has 0 bridgehead atoms. The predicted octanol–water partition coefficient (Wildman–Crippen LogP) is -0.317. The molecule has 3 rings (SSSR count). The van der Waals surface area contributed by atoms with Crippen molar-refractivity contribution in [3.8, 4) is 0 Å². The average Bonchev–Trinajstić information content (AvgIpc) is 2.73. The summed E-state index contributed by atoms with van der Waals surface area (Å²) in [7, 11) is 1.09. The third-order valence-electron chi connectivity index (χ3n) is 5.13. The molecule has 13 nitrogen and oxygen atoms in total. The van der Waals surface area contributed by atoms with Crippen LogP contribution in [0.2, 0.25) is 0 Å². The van der Waals surface area contributed by atoms with Crippen LogP contribution in [-0.4, -0.2) is 102 Å². The van der Waals surface area contributed by atoms with Gasteiger partial charge in [0.1, 0.15) is 36.6 Å². The maximum absolute atomic E-state index is 10.8. The lowest BCUT2D eigenvalue weighted by Crippen LogP contribution is -2.64. The maximum atomic E-state index is 10.8. The first-order valence-electron chi connectivity index (χ1n) is 9.52. The van der Waals surface area contributed by atoms with Crippen molar-refractivity contribution in [1.29, 1.82) is 0 Å². The Labute approximate surface area is 181 Å². The first-order chi connectivity index (χ1) is 14.8. The van der Waals surface area contributed by atoms with Crippen LogP contribution in [0.5, 0.6) is 0 Å². The van der Waals surface area contributed by atoms with Crippen LogP contribution in [-0.2, 0) is 33.3 Å². The molecular formula is C16H27N3O10P2. The van der Waals surface area contributed by atoms with Gasteiger partial charge in [-0.3, -0.25) is 0 Å². The van der Waals surface area contributed by atoms with Crippen LogP contribution in [0.25, 0.3) is 10.4 Å². The van der Waals surface area contributed by atoms with Gasteiger partial charge in [-0.2, -0.15) is 9.59 Å². The fourth-order valence-corrected chi connectivity index (χ4v) is 5.45. The van der Waals surface area contributed by atoms with Crippen molar-refractivity contribution >= 4 is 22.7 Å². The summed E-state index contributed by atoms with van der Waals surface area (Å²) in [5.41, 5.74) is 8.93. The summed E-state index contributed by atoms with van der Waals surface area (Å²) in [5, 5.41) is 34.9. The highest BCUT2D eigenvalue weighted by Gasteiger charge is 2.51. The average molecular weight is 483 g/mol. The van der Waals surface area contributed by atoms with Gasteiger partial charge < -0.3 is 39.0 Å². The summed E-state index contributed by atoms with van der Waals surface area (Å²) in [6, 6.07) is -1.51. The van der Waals surface area contributed by atoms with Crippen LogP contribution in [0.1, 0.15) is 13.8 Å². The number of ether oxygens (including phenoxy) is 5. The second-order valence-corrected chi connectivity index (χ2v) is 10.7. The molecule has 31 heavy (non-hydrogen) atoms. The highest BCUT2D eigenvalue weighted by atomic mass is 32.0. The van der Waals surface area contributed by atoms with Gasteiger partial charge in [-0.05, 0) is 34.3 Å². The molecule has 3 saturated heterocycles. The van der Waals surface area contributed by atoms with Gasteiger partial charge in [0.05, 0.1) is 24.9 Å². The molecule has 3 aliphatic rings. The molecule has 0 aromatic rings. The molecule has 0 aliphatic carbocycles.